The number of carboxylic acids is 1. The molecule has 1 aromatic carbocycles. The van der Waals surface area contributed by atoms with E-state index < -0.39 is 35.2 Å². The molecule has 7 heteroatoms. The third-order valence-electron chi connectivity index (χ3n) is 3.51. The Hall–Kier alpha value is -2.05. The van der Waals surface area contributed by atoms with Crippen LogP contribution in [0, 0.1) is 0 Å². The molecule has 114 valence electrons. The van der Waals surface area contributed by atoms with Gasteiger partial charge >= 0.3 is 12.1 Å². The van der Waals surface area contributed by atoms with E-state index in [-0.39, 0.29) is 13.0 Å². The van der Waals surface area contributed by atoms with E-state index >= 15 is 0 Å². The summed E-state index contributed by atoms with van der Waals surface area (Å²) in [6.45, 7) is 0.155. The Bertz CT molecular complexity index is 557. The summed E-state index contributed by atoms with van der Waals surface area (Å²) < 4.78 is 38.8. The van der Waals surface area contributed by atoms with Gasteiger partial charge in [-0.3, -0.25) is 4.79 Å². The highest BCUT2D eigenvalue weighted by molar-refractivity contribution is 5.98. The second kappa shape index (κ2) is 5.75. The number of alkyl halides is 3. The van der Waals surface area contributed by atoms with Gasteiger partial charge in [-0.15, -0.1) is 0 Å². The molecule has 0 aromatic heterocycles. The first-order valence-electron chi connectivity index (χ1n) is 6.52. The Kier molecular flexibility index (Phi) is 4.20. The number of aliphatic carboxylic acids is 1. The molecule has 1 heterocycles. The van der Waals surface area contributed by atoms with Crippen molar-refractivity contribution >= 4 is 11.9 Å². The fourth-order valence-electron chi connectivity index (χ4n) is 2.50. The molecule has 1 amide bonds. The zero-order valence-electron chi connectivity index (χ0n) is 11.1. The topological polar surface area (TPSA) is 57.6 Å². The predicted molar refractivity (Wildman–Crippen MR) is 67.8 cm³/mol. The van der Waals surface area contributed by atoms with Crippen LogP contribution >= 0.6 is 0 Å². The van der Waals surface area contributed by atoms with Gasteiger partial charge in [-0.25, -0.2) is 4.79 Å². The van der Waals surface area contributed by atoms with Crippen molar-refractivity contribution in [1.82, 2.24) is 4.90 Å². The Morgan fingerprint density at radius 1 is 1.19 bits per heavy atom. The van der Waals surface area contributed by atoms with Gasteiger partial charge in [0.25, 0.3) is 5.91 Å². The van der Waals surface area contributed by atoms with Gasteiger partial charge in [0.15, 0.2) is 0 Å². The Labute approximate surface area is 119 Å². The monoisotopic (exact) mass is 301 g/mol. The number of hydrogen-bond acceptors (Lipinski definition) is 2. The van der Waals surface area contributed by atoms with Crippen molar-refractivity contribution < 1.29 is 27.9 Å². The highest BCUT2D eigenvalue weighted by Crippen LogP contribution is 2.33. The van der Waals surface area contributed by atoms with Crippen molar-refractivity contribution in [3.8, 4) is 0 Å². The molecule has 0 saturated carbocycles. The maximum absolute atomic E-state index is 12.9. The van der Waals surface area contributed by atoms with Gasteiger partial charge in [0.2, 0.25) is 0 Å². The van der Waals surface area contributed by atoms with Crippen LogP contribution in [0.25, 0.3) is 0 Å². The largest absolute Gasteiger partial charge is 0.480 e. The third kappa shape index (κ3) is 3.17. The minimum atomic E-state index is -4.65. The number of carbonyl (C=O) groups excluding carboxylic acids is 1. The molecule has 2 rings (SSSR count). The summed E-state index contributed by atoms with van der Waals surface area (Å²) in [5, 5.41) is 9.12. The van der Waals surface area contributed by atoms with Crippen LogP contribution < -0.4 is 0 Å². The van der Waals surface area contributed by atoms with Crippen molar-refractivity contribution in [2.24, 2.45) is 0 Å². The number of nitrogens with zero attached hydrogens (tertiary/aromatic N) is 1. The minimum absolute atomic E-state index is 0.155. The van der Waals surface area contributed by atoms with Gasteiger partial charge in [0, 0.05) is 6.54 Å². The number of amides is 1. The first-order chi connectivity index (χ1) is 9.82. The molecule has 1 N–H and O–H groups in total. The Balaban J connectivity index is 2.37. The van der Waals surface area contributed by atoms with E-state index in [9.17, 15) is 22.8 Å². The smallest absolute Gasteiger partial charge is 0.417 e. The van der Waals surface area contributed by atoms with Crippen LogP contribution in [-0.2, 0) is 11.0 Å². The van der Waals surface area contributed by atoms with E-state index in [4.69, 9.17) is 5.11 Å². The second-order valence-corrected chi connectivity index (χ2v) is 4.89. The fourth-order valence-corrected chi connectivity index (χ4v) is 2.50. The molecule has 1 aliphatic rings. The number of rotatable bonds is 2. The van der Waals surface area contributed by atoms with E-state index in [1.165, 1.54) is 12.1 Å². The number of piperidine rings is 1. The molecule has 0 bridgehead atoms. The first kappa shape index (κ1) is 15.3. The van der Waals surface area contributed by atoms with E-state index in [1.807, 2.05) is 0 Å². The van der Waals surface area contributed by atoms with E-state index in [1.54, 1.807) is 0 Å². The third-order valence-corrected chi connectivity index (χ3v) is 3.51. The summed E-state index contributed by atoms with van der Waals surface area (Å²) in [7, 11) is 0. The lowest BCUT2D eigenvalue weighted by molar-refractivity contribution is -0.143. The summed E-state index contributed by atoms with van der Waals surface area (Å²) in [4.78, 5) is 24.5. The summed E-state index contributed by atoms with van der Waals surface area (Å²) in [5.41, 5.74) is -1.54. The van der Waals surface area contributed by atoms with Crippen LogP contribution in [0.5, 0.6) is 0 Å². The molecule has 1 aromatic rings. The molecule has 0 unspecified atom stereocenters. The zero-order valence-corrected chi connectivity index (χ0v) is 11.1. The number of carbonyl (C=O) groups is 2. The van der Waals surface area contributed by atoms with Crippen molar-refractivity contribution in [3.63, 3.8) is 0 Å². The molecule has 0 aliphatic carbocycles. The molecule has 1 aliphatic heterocycles. The first-order valence-corrected chi connectivity index (χ1v) is 6.52. The average Bonchev–Trinajstić information content (AvgIpc) is 2.45. The summed E-state index contributed by atoms with van der Waals surface area (Å²) >= 11 is 0. The van der Waals surface area contributed by atoms with Gasteiger partial charge in [-0.1, -0.05) is 12.1 Å². The normalized spacial score (nSPS) is 19.4. The zero-order chi connectivity index (χ0) is 15.6. The highest BCUT2D eigenvalue weighted by Gasteiger charge is 2.38. The number of halogens is 3. The van der Waals surface area contributed by atoms with Gasteiger partial charge in [0.1, 0.15) is 6.04 Å². The average molecular weight is 301 g/mol. The standard InChI is InChI=1S/C14H14F3NO3/c15-14(16,17)10-6-2-1-5-9(10)12(19)18-8-4-3-7-11(18)13(20)21/h1-2,5-6,11H,3-4,7-8H2,(H,20,21)/t11-/m0/s1. The second-order valence-electron chi connectivity index (χ2n) is 4.89. The minimum Gasteiger partial charge on any atom is -0.480 e. The molecule has 1 saturated heterocycles. The molecule has 1 fully saturated rings. The van der Waals surface area contributed by atoms with Gasteiger partial charge in [-0.2, -0.15) is 13.2 Å². The number of carboxylic acid groups (broad SMARTS) is 1. The van der Waals surface area contributed by atoms with Crippen LogP contribution in [-0.4, -0.2) is 34.5 Å². The van der Waals surface area contributed by atoms with Crippen molar-refractivity contribution in [3.05, 3.63) is 35.4 Å². The molecular formula is C14H14F3NO3. The van der Waals surface area contributed by atoms with Crippen molar-refractivity contribution in [1.29, 1.82) is 0 Å². The van der Waals surface area contributed by atoms with Crippen LogP contribution in [0.15, 0.2) is 24.3 Å². The fraction of sp³-hybridized carbons (Fsp3) is 0.429. The summed E-state index contributed by atoms with van der Waals surface area (Å²) in [6.07, 6.45) is -3.17. The van der Waals surface area contributed by atoms with Gasteiger partial charge < -0.3 is 10.0 Å². The molecule has 21 heavy (non-hydrogen) atoms. The molecule has 0 spiro atoms. The van der Waals surface area contributed by atoms with Crippen molar-refractivity contribution in [2.45, 2.75) is 31.5 Å². The quantitative estimate of drug-likeness (QED) is 0.914. The lowest BCUT2D eigenvalue weighted by Gasteiger charge is -2.33. The molecular weight excluding hydrogens is 287 g/mol. The predicted octanol–water partition coefficient (Wildman–Crippen LogP) is 2.78. The molecule has 0 radical (unpaired) electrons. The maximum atomic E-state index is 12.9. The van der Waals surface area contributed by atoms with Gasteiger partial charge in [0.05, 0.1) is 11.1 Å². The number of likely N-dealkylation sites (tertiary alicyclic amines) is 1. The molecule has 1 atom stereocenters. The van der Waals surface area contributed by atoms with Gasteiger partial charge in [-0.05, 0) is 31.4 Å². The highest BCUT2D eigenvalue weighted by atomic mass is 19.4. The number of hydrogen-bond donors (Lipinski definition) is 1. The van der Waals surface area contributed by atoms with Crippen LogP contribution in [0.4, 0.5) is 13.2 Å². The molecule has 4 nitrogen and oxygen atoms in total. The number of benzene rings is 1. The van der Waals surface area contributed by atoms with E-state index in [0.717, 1.165) is 17.0 Å². The Morgan fingerprint density at radius 3 is 2.48 bits per heavy atom. The lowest BCUT2D eigenvalue weighted by atomic mass is 9.99. The van der Waals surface area contributed by atoms with Crippen LogP contribution in [0.1, 0.15) is 35.2 Å². The SMILES string of the molecule is O=C(O)[C@@H]1CCCCN1C(=O)c1ccccc1C(F)(F)F. The van der Waals surface area contributed by atoms with Crippen LogP contribution in [0.3, 0.4) is 0 Å². The summed E-state index contributed by atoms with van der Waals surface area (Å²) in [6, 6.07) is 3.38. The maximum Gasteiger partial charge on any atom is 0.417 e. The van der Waals surface area contributed by atoms with E-state index in [0.29, 0.717) is 12.8 Å². The Morgan fingerprint density at radius 2 is 1.86 bits per heavy atom. The van der Waals surface area contributed by atoms with Crippen LogP contribution in [0.2, 0.25) is 0 Å². The lowest BCUT2D eigenvalue weighted by Crippen LogP contribution is -2.48. The van der Waals surface area contributed by atoms with Crippen molar-refractivity contribution in [2.75, 3.05) is 6.54 Å². The summed E-state index contributed by atoms with van der Waals surface area (Å²) in [5.74, 6) is -2.07. The van der Waals surface area contributed by atoms with E-state index in [2.05, 4.69) is 0 Å².